The van der Waals surface area contributed by atoms with E-state index in [0.717, 1.165) is 23.2 Å². The average molecular weight is 365 g/mol. The first-order valence-electron chi connectivity index (χ1n) is 8.60. The fourth-order valence-corrected chi connectivity index (χ4v) is 4.07. The summed E-state index contributed by atoms with van der Waals surface area (Å²) in [6, 6.07) is 9.58. The van der Waals surface area contributed by atoms with Crippen LogP contribution in [0.2, 0.25) is 0 Å². The zero-order valence-corrected chi connectivity index (χ0v) is 14.5. The van der Waals surface area contributed by atoms with Gasteiger partial charge < -0.3 is 20.0 Å². The lowest BCUT2D eigenvalue weighted by Gasteiger charge is -2.38. The Kier molecular flexibility index (Phi) is 4.07. The Bertz CT molecular complexity index is 952. The van der Waals surface area contributed by atoms with Crippen molar-refractivity contribution in [2.24, 2.45) is 5.92 Å². The summed E-state index contributed by atoms with van der Waals surface area (Å²) in [5, 5.41) is 25.7. The second kappa shape index (κ2) is 6.42. The number of benzene rings is 2. The molecule has 138 valence electrons. The highest BCUT2D eigenvalue weighted by atomic mass is 16.6. The molecule has 0 spiro atoms. The molecular formula is C20H17N2O5-. The van der Waals surface area contributed by atoms with Crippen molar-refractivity contribution in [2.75, 3.05) is 12.4 Å². The minimum absolute atomic E-state index is 0.00297. The van der Waals surface area contributed by atoms with Gasteiger partial charge in [-0.15, -0.1) is 0 Å². The Morgan fingerprint density at radius 1 is 1.26 bits per heavy atom. The van der Waals surface area contributed by atoms with Gasteiger partial charge in [-0.25, -0.2) is 0 Å². The Morgan fingerprint density at radius 2 is 2.00 bits per heavy atom. The summed E-state index contributed by atoms with van der Waals surface area (Å²) >= 11 is 0. The average Bonchev–Trinajstić information content (AvgIpc) is 3.16. The number of aromatic carboxylic acids is 1. The molecule has 0 unspecified atom stereocenters. The van der Waals surface area contributed by atoms with Gasteiger partial charge in [-0.05, 0) is 29.0 Å². The third-order valence-corrected chi connectivity index (χ3v) is 5.35. The van der Waals surface area contributed by atoms with Crippen LogP contribution in [0, 0.1) is 16.0 Å². The molecule has 0 bridgehead atoms. The number of hydrogen-bond acceptors (Lipinski definition) is 6. The van der Waals surface area contributed by atoms with Crippen molar-refractivity contribution in [1.82, 2.24) is 0 Å². The van der Waals surface area contributed by atoms with E-state index in [-0.39, 0.29) is 29.1 Å². The Morgan fingerprint density at radius 3 is 2.63 bits per heavy atom. The maximum atomic E-state index is 11.3. The number of methoxy groups -OCH3 is 1. The molecule has 0 fully saturated rings. The number of nitro benzene ring substituents is 1. The number of carboxylic acids is 1. The molecule has 3 atom stereocenters. The number of hydrogen-bond donors (Lipinski definition) is 1. The van der Waals surface area contributed by atoms with Crippen molar-refractivity contribution in [3.8, 4) is 5.75 Å². The van der Waals surface area contributed by atoms with Crippen LogP contribution < -0.4 is 15.2 Å². The fourth-order valence-electron chi connectivity index (χ4n) is 4.07. The molecule has 0 saturated carbocycles. The van der Waals surface area contributed by atoms with E-state index >= 15 is 0 Å². The second-order valence-electron chi connectivity index (χ2n) is 6.75. The predicted molar refractivity (Wildman–Crippen MR) is 96.8 cm³/mol. The summed E-state index contributed by atoms with van der Waals surface area (Å²) in [7, 11) is 1.49. The molecule has 2 aromatic carbocycles. The van der Waals surface area contributed by atoms with E-state index in [1.54, 1.807) is 18.2 Å². The quantitative estimate of drug-likeness (QED) is 0.507. The topological polar surface area (TPSA) is 105 Å². The van der Waals surface area contributed by atoms with Gasteiger partial charge in [0.2, 0.25) is 0 Å². The highest BCUT2D eigenvalue weighted by molar-refractivity contribution is 5.85. The summed E-state index contributed by atoms with van der Waals surface area (Å²) in [6.07, 6.45) is 4.99. The highest BCUT2D eigenvalue weighted by Gasteiger charge is 2.40. The number of fused-ring (bicyclic) bond motifs is 3. The van der Waals surface area contributed by atoms with Crippen LogP contribution >= 0.6 is 0 Å². The summed E-state index contributed by atoms with van der Waals surface area (Å²) in [5.74, 6) is -0.578. The van der Waals surface area contributed by atoms with Crippen LogP contribution in [0.25, 0.3) is 0 Å². The van der Waals surface area contributed by atoms with Gasteiger partial charge in [-0.1, -0.05) is 36.4 Å². The van der Waals surface area contributed by atoms with Crippen molar-refractivity contribution < 1.29 is 19.6 Å². The van der Waals surface area contributed by atoms with Crippen molar-refractivity contribution >= 4 is 17.3 Å². The number of carboxylic acid groups (broad SMARTS) is 1. The summed E-state index contributed by atoms with van der Waals surface area (Å²) < 4.78 is 5.41. The number of ether oxygens (including phenoxy) is 1. The number of anilines is 1. The van der Waals surface area contributed by atoms with Gasteiger partial charge in [-0.3, -0.25) is 10.1 Å². The third-order valence-electron chi connectivity index (χ3n) is 5.35. The number of nitro groups is 1. The van der Waals surface area contributed by atoms with E-state index in [1.807, 2.05) is 0 Å². The van der Waals surface area contributed by atoms with E-state index in [1.165, 1.54) is 25.3 Å². The van der Waals surface area contributed by atoms with E-state index in [0.29, 0.717) is 5.75 Å². The van der Waals surface area contributed by atoms with Gasteiger partial charge in [0.1, 0.15) is 5.75 Å². The maximum absolute atomic E-state index is 11.3. The molecule has 0 saturated heterocycles. The Balaban J connectivity index is 1.79. The Labute approximate surface area is 155 Å². The van der Waals surface area contributed by atoms with Crippen molar-refractivity contribution in [1.29, 1.82) is 0 Å². The number of carbonyl (C=O) groups excluding carboxylic acids is 1. The van der Waals surface area contributed by atoms with Crippen molar-refractivity contribution in [3.63, 3.8) is 0 Å². The number of rotatable bonds is 4. The standard InChI is InChI=1S/C20H18N2O5/c1-27-17-10-13(22(25)26)9-16-14-3-2-4-15(14)18(21-19(16)17)11-5-7-12(8-6-11)20(23)24/h2-3,5-10,14-15,18,21H,4H2,1H3,(H,23,24)/p-1/t14-,15+,18+/m0/s1. The molecule has 7 nitrogen and oxygen atoms in total. The molecule has 1 N–H and O–H groups in total. The number of carbonyl (C=O) groups is 1. The SMILES string of the molecule is COc1cc([N+](=O)[O-])cc2c1N[C@H](c1ccc(C(=O)[O-])cc1)[C@@H]1CC=C[C@H]21. The van der Waals surface area contributed by atoms with Crippen LogP contribution in [0.3, 0.4) is 0 Å². The monoisotopic (exact) mass is 365 g/mol. The van der Waals surface area contributed by atoms with Crippen LogP contribution in [-0.2, 0) is 0 Å². The van der Waals surface area contributed by atoms with Crippen LogP contribution in [0.15, 0.2) is 48.6 Å². The fraction of sp³-hybridized carbons (Fsp3) is 0.250. The molecule has 2 aromatic rings. The second-order valence-corrected chi connectivity index (χ2v) is 6.75. The lowest BCUT2D eigenvalue weighted by atomic mass is 9.76. The predicted octanol–water partition coefficient (Wildman–Crippen LogP) is 2.79. The van der Waals surface area contributed by atoms with E-state index in [2.05, 4.69) is 17.5 Å². The minimum atomic E-state index is -1.21. The van der Waals surface area contributed by atoms with Gasteiger partial charge in [0.05, 0.1) is 35.8 Å². The molecule has 4 rings (SSSR count). The molecule has 0 radical (unpaired) electrons. The Hall–Kier alpha value is -3.35. The minimum Gasteiger partial charge on any atom is -0.545 e. The molecular weight excluding hydrogens is 348 g/mol. The molecule has 1 heterocycles. The zero-order chi connectivity index (χ0) is 19.1. The molecule has 0 amide bonds. The smallest absolute Gasteiger partial charge is 0.273 e. The maximum Gasteiger partial charge on any atom is 0.273 e. The van der Waals surface area contributed by atoms with E-state index in [9.17, 15) is 20.0 Å². The number of nitrogens with one attached hydrogen (secondary N) is 1. The van der Waals surface area contributed by atoms with Crippen LogP contribution in [-0.4, -0.2) is 18.0 Å². The van der Waals surface area contributed by atoms with Gasteiger partial charge in [0, 0.05) is 12.0 Å². The lowest BCUT2D eigenvalue weighted by molar-refractivity contribution is -0.385. The first-order valence-corrected chi connectivity index (χ1v) is 8.60. The van der Waals surface area contributed by atoms with Crippen LogP contribution in [0.4, 0.5) is 11.4 Å². The lowest BCUT2D eigenvalue weighted by Crippen LogP contribution is -2.29. The van der Waals surface area contributed by atoms with Gasteiger partial charge >= 0.3 is 0 Å². The normalized spacial score (nSPS) is 22.5. The number of non-ortho nitro benzene ring substituents is 1. The first-order chi connectivity index (χ1) is 13.0. The van der Waals surface area contributed by atoms with Gasteiger partial charge in [0.15, 0.2) is 0 Å². The summed E-state index contributed by atoms with van der Waals surface area (Å²) in [4.78, 5) is 21.9. The van der Waals surface area contributed by atoms with Crippen LogP contribution in [0.1, 0.15) is 39.9 Å². The van der Waals surface area contributed by atoms with Gasteiger partial charge in [0.25, 0.3) is 5.69 Å². The van der Waals surface area contributed by atoms with Crippen molar-refractivity contribution in [2.45, 2.75) is 18.4 Å². The number of nitrogens with zero attached hydrogens (tertiary/aromatic N) is 1. The largest absolute Gasteiger partial charge is 0.545 e. The van der Waals surface area contributed by atoms with Gasteiger partial charge in [-0.2, -0.15) is 0 Å². The highest BCUT2D eigenvalue weighted by Crippen LogP contribution is 2.53. The molecule has 0 aromatic heterocycles. The summed E-state index contributed by atoms with van der Waals surface area (Å²) in [6.45, 7) is 0. The molecule has 2 aliphatic rings. The third kappa shape index (κ3) is 2.81. The van der Waals surface area contributed by atoms with E-state index < -0.39 is 10.9 Å². The molecule has 1 aliphatic carbocycles. The number of allylic oxidation sites excluding steroid dienone is 2. The summed E-state index contributed by atoms with van der Waals surface area (Å²) in [5.41, 5.74) is 2.67. The van der Waals surface area contributed by atoms with Crippen LogP contribution in [0.5, 0.6) is 5.75 Å². The molecule has 1 aliphatic heterocycles. The first kappa shape index (κ1) is 17.1. The van der Waals surface area contributed by atoms with Crippen molar-refractivity contribution in [3.05, 3.63) is 75.4 Å². The zero-order valence-electron chi connectivity index (χ0n) is 14.5. The molecule has 7 heteroatoms. The van der Waals surface area contributed by atoms with E-state index in [4.69, 9.17) is 4.74 Å². The molecule has 27 heavy (non-hydrogen) atoms.